The van der Waals surface area contributed by atoms with Gasteiger partial charge in [0.15, 0.2) is 16.3 Å². The minimum atomic E-state index is -4.83. The van der Waals surface area contributed by atoms with Crippen molar-refractivity contribution < 1.29 is 36.6 Å². The number of carbonyl (C=O) groups excluding carboxylic acids is 1. The number of hydrogen-bond donors (Lipinski definition) is 0. The van der Waals surface area contributed by atoms with Gasteiger partial charge in [0, 0.05) is 30.7 Å². The lowest BCUT2D eigenvalue weighted by Crippen LogP contribution is -2.52. The van der Waals surface area contributed by atoms with E-state index in [0.717, 1.165) is 28.3 Å². The van der Waals surface area contributed by atoms with Gasteiger partial charge in [-0.3, -0.25) is 4.57 Å². The molecule has 0 spiro atoms. The third kappa shape index (κ3) is 5.11. The molecule has 0 fully saturated rings. The molecule has 2 aromatic carbocycles. The molecule has 35 heavy (non-hydrogen) atoms. The largest absolute Gasteiger partial charge is 0.507 e. The number of hydrogen-bond acceptors (Lipinski definition) is 5. The summed E-state index contributed by atoms with van der Waals surface area (Å²) < 4.78 is 69.3. The molecule has 0 atom stereocenters. The van der Waals surface area contributed by atoms with Crippen LogP contribution in [0.5, 0.6) is 17.2 Å². The highest BCUT2D eigenvalue weighted by atomic mass is 32.1. The lowest BCUT2D eigenvalue weighted by atomic mass is 10.2. The van der Waals surface area contributed by atoms with Gasteiger partial charge in [-0.15, -0.1) is 11.3 Å². The number of carbonyl (C=O) groups is 1. The van der Waals surface area contributed by atoms with Crippen LogP contribution in [0.15, 0.2) is 53.7 Å². The lowest BCUT2D eigenvalue weighted by Gasteiger charge is -2.31. The van der Waals surface area contributed by atoms with E-state index in [4.69, 9.17) is 4.74 Å². The number of ether oxygens (including phenoxy) is 3. The molecule has 0 N–H and O–H groups in total. The standard InChI is InChI=1S/C23H21F4N3O4S/c1-4-32-17-8-5-15(6-9-17)13-29(3)20(31)28-21-30(12-14(2)35-21)16-7-10-18-19(11-16)34-23(26,27)22(24,25)33-18/h5-12H,4,13H2,1-3H3. The zero-order chi connectivity index (χ0) is 25.4. The van der Waals surface area contributed by atoms with Gasteiger partial charge in [-0.05, 0) is 43.7 Å². The molecule has 0 bridgehead atoms. The van der Waals surface area contributed by atoms with Gasteiger partial charge in [-0.25, -0.2) is 4.79 Å². The Morgan fingerprint density at radius 3 is 2.40 bits per heavy atom. The first-order chi connectivity index (χ1) is 16.5. The number of rotatable bonds is 5. The smallest absolute Gasteiger partial charge is 0.494 e. The predicted molar refractivity (Wildman–Crippen MR) is 120 cm³/mol. The van der Waals surface area contributed by atoms with Gasteiger partial charge in [0.1, 0.15) is 5.75 Å². The van der Waals surface area contributed by atoms with Gasteiger partial charge < -0.3 is 19.1 Å². The summed E-state index contributed by atoms with van der Waals surface area (Å²) in [6, 6.07) is 10.4. The molecular weight excluding hydrogens is 490 g/mol. The van der Waals surface area contributed by atoms with Gasteiger partial charge in [0.05, 0.1) is 12.3 Å². The molecule has 4 rings (SSSR count). The van der Waals surface area contributed by atoms with Crippen molar-refractivity contribution in [2.45, 2.75) is 32.6 Å². The number of aromatic nitrogens is 1. The summed E-state index contributed by atoms with van der Waals surface area (Å²) in [6.45, 7) is 4.52. The van der Waals surface area contributed by atoms with Gasteiger partial charge in [-0.1, -0.05) is 12.1 Å². The topological polar surface area (TPSA) is 65.3 Å². The summed E-state index contributed by atoms with van der Waals surface area (Å²) in [5, 5.41) is 0. The second kappa shape index (κ2) is 9.25. The number of urea groups is 1. The SMILES string of the molecule is CCOc1ccc(CN(C)C(=O)N=c2sc(C)cn2-c2ccc3c(c2)OC(F)(F)C(F)(F)O3)cc1. The number of halogens is 4. The Balaban J connectivity index is 1.58. The maximum atomic E-state index is 13.6. The van der Waals surface area contributed by atoms with Crippen molar-refractivity contribution in [3.05, 3.63) is 63.9 Å². The Bertz CT molecular complexity index is 1300. The van der Waals surface area contributed by atoms with E-state index in [2.05, 4.69) is 14.5 Å². The molecule has 7 nitrogen and oxygen atoms in total. The molecule has 1 aromatic heterocycles. The first-order valence-corrected chi connectivity index (χ1v) is 11.3. The van der Waals surface area contributed by atoms with Crippen LogP contribution in [0.2, 0.25) is 0 Å². The number of nitrogens with zero attached hydrogens (tertiary/aromatic N) is 3. The predicted octanol–water partition coefficient (Wildman–Crippen LogP) is 5.36. The third-order valence-corrected chi connectivity index (χ3v) is 5.86. The Labute approximate surface area is 201 Å². The highest BCUT2D eigenvalue weighted by Gasteiger charge is 2.65. The van der Waals surface area contributed by atoms with Gasteiger partial charge >= 0.3 is 18.2 Å². The molecule has 0 unspecified atom stereocenters. The van der Waals surface area contributed by atoms with E-state index in [1.165, 1.54) is 26.9 Å². The van der Waals surface area contributed by atoms with Crippen LogP contribution < -0.4 is 19.0 Å². The number of thiazole rings is 1. The Kier molecular flexibility index (Phi) is 6.50. The summed E-state index contributed by atoms with van der Waals surface area (Å²) in [6.07, 6.45) is -7.99. The van der Waals surface area contributed by atoms with Gasteiger partial charge in [0.2, 0.25) is 0 Å². The summed E-state index contributed by atoms with van der Waals surface area (Å²) in [5.41, 5.74) is 1.15. The normalized spacial score (nSPS) is 16.1. The lowest BCUT2D eigenvalue weighted by molar-refractivity contribution is -0.391. The fourth-order valence-electron chi connectivity index (χ4n) is 3.29. The van der Waals surface area contributed by atoms with Crippen LogP contribution in [-0.2, 0) is 6.54 Å². The molecule has 3 aromatic rings. The van der Waals surface area contributed by atoms with Crippen LogP contribution in [0, 0.1) is 6.92 Å². The van der Waals surface area contributed by atoms with E-state index in [1.807, 2.05) is 31.2 Å². The summed E-state index contributed by atoms with van der Waals surface area (Å²) in [5.74, 6) is -0.354. The molecule has 0 aliphatic carbocycles. The van der Waals surface area contributed by atoms with Crippen LogP contribution >= 0.6 is 11.3 Å². The van der Waals surface area contributed by atoms with E-state index >= 15 is 0 Å². The van der Waals surface area contributed by atoms with Gasteiger partial charge in [-0.2, -0.15) is 22.6 Å². The number of benzene rings is 2. The highest BCUT2D eigenvalue weighted by Crippen LogP contribution is 2.47. The Morgan fingerprint density at radius 2 is 1.74 bits per heavy atom. The minimum Gasteiger partial charge on any atom is -0.494 e. The number of aryl methyl sites for hydroxylation is 1. The molecule has 1 aliphatic rings. The molecule has 2 heterocycles. The fraction of sp³-hybridized carbons (Fsp3) is 0.304. The van der Waals surface area contributed by atoms with Crippen LogP contribution in [0.1, 0.15) is 17.4 Å². The second-order valence-electron chi connectivity index (χ2n) is 7.69. The average Bonchev–Trinajstić information content (AvgIpc) is 3.15. The van der Waals surface area contributed by atoms with Crippen molar-refractivity contribution in [1.82, 2.24) is 9.47 Å². The van der Waals surface area contributed by atoms with E-state index in [-0.39, 0.29) is 10.5 Å². The van der Waals surface area contributed by atoms with Crippen molar-refractivity contribution in [3.8, 4) is 22.9 Å². The first kappa shape index (κ1) is 24.6. The van der Waals surface area contributed by atoms with Crippen molar-refractivity contribution in [3.63, 3.8) is 0 Å². The Hall–Kier alpha value is -3.54. The van der Waals surface area contributed by atoms with Crippen molar-refractivity contribution >= 4 is 17.4 Å². The maximum Gasteiger partial charge on any atom is 0.507 e. The molecule has 12 heteroatoms. The quantitative estimate of drug-likeness (QED) is 0.433. The first-order valence-electron chi connectivity index (χ1n) is 10.5. The molecule has 2 amide bonds. The summed E-state index contributed by atoms with van der Waals surface area (Å²) >= 11 is 1.20. The maximum absolute atomic E-state index is 13.6. The summed E-state index contributed by atoms with van der Waals surface area (Å²) in [4.78, 5) is 19.4. The van der Waals surface area contributed by atoms with E-state index < -0.39 is 29.7 Å². The van der Waals surface area contributed by atoms with Crippen LogP contribution in [0.3, 0.4) is 0 Å². The highest BCUT2D eigenvalue weighted by molar-refractivity contribution is 7.09. The molecule has 1 aliphatic heterocycles. The molecule has 0 radical (unpaired) electrons. The molecule has 0 saturated heterocycles. The van der Waals surface area contributed by atoms with E-state index in [0.29, 0.717) is 13.2 Å². The van der Waals surface area contributed by atoms with Crippen molar-refractivity contribution in [2.75, 3.05) is 13.7 Å². The zero-order valence-corrected chi connectivity index (χ0v) is 19.7. The van der Waals surface area contributed by atoms with E-state index in [9.17, 15) is 22.4 Å². The van der Waals surface area contributed by atoms with Gasteiger partial charge in [0.25, 0.3) is 0 Å². The Morgan fingerprint density at radius 1 is 1.09 bits per heavy atom. The number of amides is 2. The fourth-order valence-corrected chi connectivity index (χ4v) is 4.12. The third-order valence-electron chi connectivity index (χ3n) is 4.96. The monoisotopic (exact) mass is 511 g/mol. The van der Waals surface area contributed by atoms with Crippen LogP contribution in [0.25, 0.3) is 5.69 Å². The zero-order valence-electron chi connectivity index (χ0n) is 18.9. The number of fused-ring (bicyclic) bond motifs is 1. The van der Waals surface area contributed by atoms with Crippen LogP contribution in [-0.4, -0.2) is 41.4 Å². The second-order valence-corrected chi connectivity index (χ2v) is 8.90. The number of alkyl halides is 4. The minimum absolute atomic E-state index is 0.264. The average molecular weight is 511 g/mol. The summed E-state index contributed by atoms with van der Waals surface area (Å²) in [7, 11) is 1.60. The van der Waals surface area contributed by atoms with E-state index in [1.54, 1.807) is 20.2 Å². The molecule has 186 valence electrons. The van der Waals surface area contributed by atoms with Crippen LogP contribution in [0.4, 0.5) is 22.4 Å². The van der Waals surface area contributed by atoms with Crippen molar-refractivity contribution in [2.24, 2.45) is 4.99 Å². The molecule has 0 saturated carbocycles. The molecular formula is C23H21F4N3O4S. The van der Waals surface area contributed by atoms with Crippen molar-refractivity contribution in [1.29, 1.82) is 0 Å².